The fourth-order valence-corrected chi connectivity index (χ4v) is 3.90. The molecule has 0 spiro atoms. The molecule has 1 aliphatic rings. The quantitative estimate of drug-likeness (QED) is 0.581. The molecule has 136 valence electrons. The highest BCUT2D eigenvalue weighted by molar-refractivity contribution is 7.10. The maximum Gasteiger partial charge on any atom is 0.223 e. The van der Waals surface area contributed by atoms with Gasteiger partial charge in [0, 0.05) is 24.9 Å². The lowest BCUT2D eigenvalue weighted by molar-refractivity contribution is 0.249. The van der Waals surface area contributed by atoms with Gasteiger partial charge in [-0.1, -0.05) is 11.2 Å². The lowest BCUT2D eigenvalue weighted by Crippen LogP contribution is -2.42. The first-order valence-corrected chi connectivity index (χ1v) is 9.73. The van der Waals surface area contributed by atoms with E-state index >= 15 is 0 Å². The standard InChI is InChI=1S/C17H26N6OS/c1-3-18-17(20-12-16-21-13(2)24-22-16)19-11-14(15-7-6-10-25-15)23-8-4-5-9-23/h6-7,10,14H,3-5,8-9,11-12H2,1-2H3,(H2,18,19,20). The van der Waals surface area contributed by atoms with E-state index in [0.29, 0.717) is 24.3 Å². The SMILES string of the molecule is CCNC(=NCc1noc(C)n1)NCC(c1cccs1)N1CCCC1. The van der Waals surface area contributed by atoms with Crippen molar-refractivity contribution in [3.8, 4) is 0 Å². The number of aliphatic imine (C=N–C) groups is 1. The maximum atomic E-state index is 4.99. The van der Waals surface area contributed by atoms with Crippen LogP contribution in [-0.4, -0.2) is 47.2 Å². The van der Waals surface area contributed by atoms with Crippen molar-refractivity contribution in [3.63, 3.8) is 0 Å². The number of hydrogen-bond acceptors (Lipinski definition) is 6. The molecule has 3 rings (SSSR count). The molecule has 0 aromatic carbocycles. The van der Waals surface area contributed by atoms with Crippen molar-refractivity contribution in [3.05, 3.63) is 34.1 Å². The van der Waals surface area contributed by atoms with Crippen molar-refractivity contribution < 1.29 is 4.52 Å². The zero-order valence-corrected chi connectivity index (χ0v) is 15.7. The number of aromatic nitrogens is 2. The smallest absolute Gasteiger partial charge is 0.223 e. The summed E-state index contributed by atoms with van der Waals surface area (Å²) in [5, 5.41) is 12.8. The Balaban J connectivity index is 1.63. The molecule has 2 aromatic rings. The second kappa shape index (κ2) is 8.96. The molecule has 3 heterocycles. The molecule has 2 N–H and O–H groups in total. The topological polar surface area (TPSA) is 78.6 Å². The first kappa shape index (κ1) is 17.9. The van der Waals surface area contributed by atoms with Gasteiger partial charge in [-0.2, -0.15) is 4.98 Å². The van der Waals surface area contributed by atoms with Gasteiger partial charge in [0.25, 0.3) is 0 Å². The van der Waals surface area contributed by atoms with Gasteiger partial charge >= 0.3 is 0 Å². The number of nitrogens with one attached hydrogen (secondary N) is 2. The highest BCUT2D eigenvalue weighted by Crippen LogP contribution is 2.27. The number of likely N-dealkylation sites (tertiary alicyclic amines) is 1. The molecule has 1 aliphatic heterocycles. The average Bonchev–Trinajstić information content (AvgIpc) is 3.36. The third kappa shape index (κ3) is 5.02. The Kier molecular flexibility index (Phi) is 6.41. The fraction of sp³-hybridized carbons (Fsp3) is 0.588. The Labute approximate surface area is 152 Å². The van der Waals surface area contributed by atoms with Crippen molar-refractivity contribution in [2.24, 2.45) is 4.99 Å². The monoisotopic (exact) mass is 362 g/mol. The van der Waals surface area contributed by atoms with Crippen LogP contribution in [-0.2, 0) is 6.54 Å². The lowest BCUT2D eigenvalue weighted by Gasteiger charge is -2.27. The molecular formula is C17H26N6OS. The molecule has 2 aromatic heterocycles. The third-order valence-electron chi connectivity index (χ3n) is 4.21. The molecule has 1 atom stereocenters. The van der Waals surface area contributed by atoms with E-state index in [1.54, 1.807) is 6.92 Å². The molecule has 0 aliphatic carbocycles. The summed E-state index contributed by atoms with van der Waals surface area (Å²) >= 11 is 1.82. The average molecular weight is 363 g/mol. The molecule has 0 radical (unpaired) electrons. The van der Waals surface area contributed by atoms with E-state index < -0.39 is 0 Å². The van der Waals surface area contributed by atoms with Crippen LogP contribution >= 0.6 is 11.3 Å². The van der Waals surface area contributed by atoms with Gasteiger partial charge < -0.3 is 15.2 Å². The van der Waals surface area contributed by atoms with E-state index in [2.05, 4.69) is 55.1 Å². The van der Waals surface area contributed by atoms with Gasteiger partial charge in [-0.3, -0.25) is 4.90 Å². The van der Waals surface area contributed by atoms with E-state index in [0.717, 1.165) is 19.0 Å². The predicted octanol–water partition coefficient (Wildman–Crippen LogP) is 2.33. The normalized spacial score (nSPS) is 17.0. The highest BCUT2D eigenvalue weighted by Gasteiger charge is 2.24. The summed E-state index contributed by atoms with van der Waals surface area (Å²) in [6.45, 7) is 8.22. The second-order valence-corrected chi connectivity index (χ2v) is 7.06. The fourth-order valence-electron chi connectivity index (χ4n) is 3.03. The third-order valence-corrected chi connectivity index (χ3v) is 5.18. The Morgan fingerprint density at radius 2 is 2.24 bits per heavy atom. The molecule has 7 nitrogen and oxygen atoms in total. The summed E-state index contributed by atoms with van der Waals surface area (Å²) in [6.07, 6.45) is 2.57. The minimum absolute atomic E-state index is 0.388. The predicted molar refractivity (Wildman–Crippen MR) is 99.7 cm³/mol. The molecule has 1 unspecified atom stereocenters. The van der Waals surface area contributed by atoms with Crippen LogP contribution in [0.25, 0.3) is 0 Å². The van der Waals surface area contributed by atoms with Gasteiger partial charge in [-0.15, -0.1) is 11.3 Å². The van der Waals surface area contributed by atoms with Gasteiger partial charge in [0.05, 0.1) is 6.04 Å². The van der Waals surface area contributed by atoms with E-state index in [4.69, 9.17) is 4.52 Å². The Morgan fingerprint density at radius 3 is 2.88 bits per heavy atom. The van der Waals surface area contributed by atoms with Crippen molar-refractivity contribution in [2.45, 2.75) is 39.3 Å². The number of thiophene rings is 1. The molecule has 0 amide bonds. The molecule has 0 bridgehead atoms. The van der Waals surface area contributed by atoms with E-state index in [-0.39, 0.29) is 0 Å². The first-order chi connectivity index (χ1) is 12.3. The van der Waals surface area contributed by atoms with Gasteiger partial charge in [0.2, 0.25) is 5.89 Å². The van der Waals surface area contributed by atoms with Crippen LogP contribution in [0.4, 0.5) is 0 Å². The minimum Gasteiger partial charge on any atom is -0.357 e. The lowest BCUT2D eigenvalue weighted by atomic mass is 10.2. The van der Waals surface area contributed by atoms with Crippen molar-refractivity contribution in [1.29, 1.82) is 0 Å². The van der Waals surface area contributed by atoms with E-state index in [1.807, 2.05) is 11.3 Å². The minimum atomic E-state index is 0.388. The zero-order valence-electron chi connectivity index (χ0n) is 14.9. The first-order valence-electron chi connectivity index (χ1n) is 8.85. The van der Waals surface area contributed by atoms with Gasteiger partial charge in [0.1, 0.15) is 6.54 Å². The van der Waals surface area contributed by atoms with Gasteiger partial charge in [0.15, 0.2) is 11.8 Å². The molecule has 0 saturated carbocycles. The molecule has 1 saturated heterocycles. The van der Waals surface area contributed by atoms with Crippen LogP contribution in [0.15, 0.2) is 27.0 Å². The molecule has 8 heteroatoms. The highest BCUT2D eigenvalue weighted by atomic mass is 32.1. The van der Waals surface area contributed by atoms with Crippen LogP contribution in [0.5, 0.6) is 0 Å². The van der Waals surface area contributed by atoms with Crippen LogP contribution in [0.3, 0.4) is 0 Å². The van der Waals surface area contributed by atoms with Crippen LogP contribution in [0.1, 0.15) is 42.4 Å². The van der Waals surface area contributed by atoms with Crippen molar-refractivity contribution >= 4 is 17.3 Å². The largest absolute Gasteiger partial charge is 0.357 e. The summed E-state index contributed by atoms with van der Waals surface area (Å²) in [7, 11) is 0. The second-order valence-electron chi connectivity index (χ2n) is 6.08. The van der Waals surface area contributed by atoms with Gasteiger partial charge in [-0.25, -0.2) is 4.99 Å². The maximum absolute atomic E-state index is 4.99. The van der Waals surface area contributed by atoms with Gasteiger partial charge in [-0.05, 0) is 44.3 Å². The number of rotatable bonds is 7. The number of guanidine groups is 1. The summed E-state index contributed by atoms with van der Waals surface area (Å²) in [5.74, 6) is 1.95. The number of hydrogen-bond donors (Lipinski definition) is 2. The van der Waals surface area contributed by atoms with Crippen LogP contribution in [0.2, 0.25) is 0 Å². The number of nitrogens with zero attached hydrogens (tertiary/aromatic N) is 4. The molecule has 1 fully saturated rings. The summed E-state index contributed by atoms with van der Waals surface area (Å²) < 4.78 is 4.99. The van der Waals surface area contributed by atoms with Crippen molar-refractivity contribution in [1.82, 2.24) is 25.7 Å². The van der Waals surface area contributed by atoms with Crippen LogP contribution < -0.4 is 10.6 Å². The number of aryl methyl sites for hydroxylation is 1. The van der Waals surface area contributed by atoms with Crippen molar-refractivity contribution in [2.75, 3.05) is 26.2 Å². The zero-order chi connectivity index (χ0) is 17.5. The summed E-state index contributed by atoms with van der Waals surface area (Å²) in [6, 6.07) is 4.74. The molecular weight excluding hydrogens is 336 g/mol. The Morgan fingerprint density at radius 1 is 1.40 bits per heavy atom. The summed E-state index contributed by atoms with van der Waals surface area (Å²) in [4.78, 5) is 12.7. The van der Waals surface area contributed by atoms with E-state index in [9.17, 15) is 0 Å². The van der Waals surface area contributed by atoms with Crippen LogP contribution in [0, 0.1) is 6.92 Å². The Bertz CT molecular complexity index is 662. The summed E-state index contributed by atoms with van der Waals surface area (Å²) in [5.41, 5.74) is 0. The van der Waals surface area contributed by atoms with E-state index in [1.165, 1.54) is 30.8 Å². The Hall–Kier alpha value is -1.93. The molecule has 25 heavy (non-hydrogen) atoms.